The lowest BCUT2D eigenvalue weighted by Gasteiger charge is -2.18. The minimum atomic E-state index is -0.0833. The number of halogens is 2. The van der Waals surface area contributed by atoms with Crippen LogP contribution in [0.1, 0.15) is 10.4 Å². The van der Waals surface area contributed by atoms with Crippen LogP contribution in [0.3, 0.4) is 0 Å². The fourth-order valence-electron chi connectivity index (χ4n) is 1.84. The zero-order valence-electron chi connectivity index (χ0n) is 10.2. The predicted octanol–water partition coefficient (Wildman–Crippen LogP) is 2.46. The molecule has 0 saturated carbocycles. The summed E-state index contributed by atoms with van der Waals surface area (Å²) in [6, 6.07) is 5.15. The molecule has 3 rings (SSSR count). The Labute approximate surface area is 131 Å². The van der Waals surface area contributed by atoms with Gasteiger partial charge in [0.1, 0.15) is 19.8 Å². The first-order valence-corrected chi connectivity index (χ1v) is 7.41. The molecule has 0 fully saturated rings. The molecule has 0 radical (unpaired) electrons. The molecule has 0 saturated heterocycles. The maximum Gasteiger partial charge on any atom is 0.218 e. The second kappa shape index (κ2) is 5.53. The van der Waals surface area contributed by atoms with Gasteiger partial charge in [-0.25, -0.2) is 4.68 Å². The standard InChI is InChI=1S/C12H9Br2N3O3/c13-11-15-12(14)17(16-11)6-8(18)7-1-2-9-10(5-7)20-4-3-19-9/h1-2,5H,3-4,6H2. The molecule has 2 heterocycles. The van der Waals surface area contributed by atoms with E-state index in [1.54, 1.807) is 18.2 Å². The summed E-state index contributed by atoms with van der Waals surface area (Å²) in [5, 5.41) is 4.06. The summed E-state index contributed by atoms with van der Waals surface area (Å²) in [5.41, 5.74) is 0.549. The highest BCUT2D eigenvalue weighted by molar-refractivity contribution is 9.11. The monoisotopic (exact) mass is 401 g/mol. The molecule has 8 heteroatoms. The van der Waals surface area contributed by atoms with Crippen LogP contribution in [0.15, 0.2) is 27.7 Å². The highest BCUT2D eigenvalue weighted by Crippen LogP contribution is 2.31. The van der Waals surface area contributed by atoms with Gasteiger partial charge in [0.2, 0.25) is 4.73 Å². The molecule has 0 amide bonds. The van der Waals surface area contributed by atoms with E-state index in [4.69, 9.17) is 9.47 Å². The van der Waals surface area contributed by atoms with E-state index in [2.05, 4.69) is 41.9 Å². The Balaban J connectivity index is 1.82. The Bertz CT molecular complexity index is 672. The van der Waals surface area contributed by atoms with E-state index in [0.717, 1.165) is 0 Å². The van der Waals surface area contributed by atoms with Crippen molar-refractivity contribution in [2.24, 2.45) is 0 Å². The van der Waals surface area contributed by atoms with Gasteiger partial charge in [0, 0.05) is 5.56 Å². The fraction of sp³-hybridized carbons (Fsp3) is 0.250. The number of fused-ring (bicyclic) bond motifs is 1. The van der Waals surface area contributed by atoms with E-state index in [1.165, 1.54) is 4.68 Å². The lowest BCUT2D eigenvalue weighted by molar-refractivity contribution is 0.0965. The van der Waals surface area contributed by atoms with E-state index in [1.807, 2.05) is 0 Å². The molecule has 0 unspecified atom stereocenters. The van der Waals surface area contributed by atoms with Gasteiger partial charge in [0.05, 0.1) is 0 Å². The number of Topliss-reactive ketones (excluding diaryl/α,β-unsaturated/α-hetero) is 1. The van der Waals surface area contributed by atoms with Gasteiger partial charge in [0.25, 0.3) is 0 Å². The SMILES string of the molecule is O=C(Cn1nc(Br)nc1Br)c1ccc2c(c1)OCCO2. The molecule has 6 nitrogen and oxygen atoms in total. The average molecular weight is 403 g/mol. The van der Waals surface area contributed by atoms with Gasteiger partial charge in [0.15, 0.2) is 22.0 Å². The first-order chi connectivity index (χ1) is 9.63. The third-order valence-corrected chi connectivity index (χ3v) is 3.68. The Hall–Kier alpha value is -1.41. The Morgan fingerprint density at radius 2 is 2.00 bits per heavy atom. The van der Waals surface area contributed by atoms with E-state index in [-0.39, 0.29) is 12.3 Å². The van der Waals surface area contributed by atoms with Crippen molar-refractivity contribution in [3.63, 3.8) is 0 Å². The van der Waals surface area contributed by atoms with Crippen molar-refractivity contribution in [1.82, 2.24) is 14.8 Å². The van der Waals surface area contributed by atoms with E-state index >= 15 is 0 Å². The molecule has 1 aromatic heterocycles. The van der Waals surface area contributed by atoms with Crippen molar-refractivity contribution in [3.8, 4) is 11.5 Å². The van der Waals surface area contributed by atoms with Crippen LogP contribution in [-0.4, -0.2) is 33.8 Å². The highest BCUT2D eigenvalue weighted by Gasteiger charge is 2.16. The molecule has 0 atom stereocenters. The van der Waals surface area contributed by atoms with Crippen molar-refractivity contribution in [2.75, 3.05) is 13.2 Å². The van der Waals surface area contributed by atoms with Gasteiger partial charge in [-0.3, -0.25) is 4.79 Å². The third kappa shape index (κ3) is 2.71. The average Bonchev–Trinajstić information content (AvgIpc) is 2.76. The summed E-state index contributed by atoms with van der Waals surface area (Å²) in [5.74, 6) is 1.18. The Morgan fingerprint density at radius 3 is 2.70 bits per heavy atom. The van der Waals surface area contributed by atoms with Crippen molar-refractivity contribution in [3.05, 3.63) is 33.2 Å². The molecule has 1 aromatic carbocycles. The molecule has 20 heavy (non-hydrogen) atoms. The summed E-state index contributed by atoms with van der Waals surface area (Å²) in [6.45, 7) is 1.12. The largest absolute Gasteiger partial charge is 0.486 e. The summed E-state index contributed by atoms with van der Waals surface area (Å²) in [4.78, 5) is 16.3. The van der Waals surface area contributed by atoms with Crippen LogP contribution < -0.4 is 9.47 Å². The van der Waals surface area contributed by atoms with Gasteiger partial charge in [-0.05, 0) is 50.1 Å². The fourth-order valence-corrected chi connectivity index (χ4v) is 2.81. The number of benzene rings is 1. The van der Waals surface area contributed by atoms with Crippen LogP contribution in [0, 0.1) is 0 Å². The molecule has 1 aliphatic heterocycles. The smallest absolute Gasteiger partial charge is 0.218 e. The molecule has 0 N–H and O–H groups in total. The normalized spacial score (nSPS) is 13.3. The van der Waals surface area contributed by atoms with Crippen LogP contribution in [-0.2, 0) is 6.54 Å². The molecule has 2 aromatic rings. The maximum atomic E-state index is 12.2. The number of carbonyl (C=O) groups is 1. The van der Waals surface area contributed by atoms with Crippen molar-refractivity contribution >= 4 is 37.6 Å². The summed E-state index contributed by atoms with van der Waals surface area (Å²) in [7, 11) is 0. The van der Waals surface area contributed by atoms with Gasteiger partial charge < -0.3 is 9.47 Å². The van der Waals surface area contributed by atoms with Crippen molar-refractivity contribution < 1.29 is 14.3 Å². The van der Waals surface area contributed by atoms with Gasteiger partial charge in [-0.15, -0.1) is 5.10 Å². The second-order valence-electron chi connectivity index (χ2n) is 4.09. The van der Waals surface area contributed by atoms with Gasteiger partial charge in [-0.2, -0.15) is 4.98 Å². The van der Waals surface area contributed by atoms with Gasteiger partial charge >= 0.3 is 0 Å². The number of hydrogen-bond acceptors (Lipinski definition) is 5. The summed E-state index contributed by atoms with van der Waals surface area (Å²) < 4.78 is 13.3. The van der Waals surface area contributed by atoms with E-state index in [0.29, 0.717) is 39.7 Å². The minimum Gasteiger partial charge on any atom is -0.486 e. The van der Waals surface area contributed by atoms with Crippen LogP contribution >= 0.6 is 31.9 Å². The number of ketones is 1. The molecule has 104 valence electrons. The molecule has 0 spiro atoms. The van der Waals surface area contributed by atoms with E-state index < -0.39 is 0 Å². The van der Waals surface area contributed by atoms with E-state index in [9.17, 15) is 4.79 Å². The second-order valence-corrected chi connectivity index (χ2v) is 5.51. The van der Waals surface area contributed by atoms with Crippen LogP contribution in [0.4, 0.5) is 0 Å². The first-order valence-electron chi connectivity index (χ1n) is 5.82. The molecular weight excluding hydrogens is 394 g/mol. The Morgan fingerprint density at radius 1 is 1.25 bits per heavy atom. The Kier molecular flexibility index (Phi) is 3.75. The lowest BCUT2D eigenvalue weighted by atomic mass is 10.1. The number of aromatic nitrogens is 3. The summed E-state index contributed by atoms with van der Waals surface area (Å²) >= 11 is 6.40. The molecule has 0 bridgehead atoms. The predicted molar refractivity (Wildman–Crippen MR) is 77.2 cm³/mol. The lowest BCUT2D eigenvalue weighted by Crippen LogP contribution is -2.17. The maximum absolute atomic E-state index is 12.2. The number of hydrogen-bond donors (Lipinski definition) is 0. The third-order valence-electron chi connectivity index (χ3n) is 2.76. The van der Waals surface area contributed by atoms with Crippen LogP contribution in [0.25, 0.3) is 0 Å². The molecule has 0 aliphatic carbocycles. The number of ether oxygens (including phenoxy) is 2. The highest BCUT2D eigenvalue weighted by atomic mass is 79.9. The zero-order valence-corrected chi connectivity index (χ0v) is 13.3. The van der Waals surface area contributed by atoms with Crippen molar-refractivity contribution in [2.45, 2.75) is 6.54 Å². The molecular formula is C12H9Br2N3O3. The first kappa shape index (κ1) is 13.6. The number of carbonyl (C=O) groups excluding carboxylic acids is 1. The summed E-state index contributed by atoms with van der Waals surface area (Å²) in [6.07, 6.45) is 0. The van der Waals surface area contributed by atoms with Crippen LogP contribution in [0.2, 0.25) is 0 Å². The van der Waals surface area contributed by atoms with Gasteiger partial charge in [-0.1, -0.05) is 0 Å². The quantitative estimate of drug-likeness (QED) is 0.737. The number of nitrogens with zero attached hydrogens (tertiary/aromatic N) is 3. The van der Waals surface area contributed by atoms with Crippen LogP contribution in [0.5, 0.6) is 11.5 Å². The molecule has 1 aliphatic rings. The number of rotatable bonds is 3. The van der Waals surface area contributed by atoms with Crippen molar-refractivity contribution in [1.29, 1.82) is 0 Å². The zero-order chi connectivity index (χ0) is 14.1. The topological polar surface area (TPSA) is 66.2 Å². The minimum absolute atomic E-state index is 0.0833.